The van der Waals surface area contributed by atoms with E-state index in [1.54, 1.807) is 29.3 Å². The van der Waals surface area contributed by atoms with Crippen LogP contribution in [0.1, 0.15) is 33.1 Å². The molecule has 0 aliphatic heterocycles. The van der Waals surface area contributed by atoms with E-state index in [-0.39, 0.29) is 0 Å². The predicted octanol–water partition coefficient (Wildman–Crippen LogP) is 4.96. The fourth-order valence-corrected chi connectivity index (χ4v) is 9.53. The molecule has 0 fully saturated rings. The first-order chi connectivity index (χ1) is 8.71. The summed E-state index contributed by atoms with van der Waals surface area (Å²) in [4.78, 5) is 0. The SMILES string of the molecule is CCCC1=C([Si](C)(OC)OC)C[C]([Pt]([CH3])([CH3])[CH3])=C1C. The molecule has 0 heterocycles. The Morgan fingerprint density at radius 2 is 1.68 bits per heavy atom. The van der Waals surface area contributed by atoms with E-state index in [0.717, 1.165) is 12.8 Å². The van der Waals surface area contributed by atoms with Gasteiger partial charge in [-0.05, 0) is 0 Å². The summed E-state index contributed by atoms with van der Waals surface area (Å²) in [6.07, 6.45) is 3.47. The van der Waals surface area contributed by atoms with E-state index in [2.05, 4.69) is 36.3 Å². The molecule has 1 aliphatic carbocycles. The molecule has 0 aromatic carbocycles. The van der Waals surface area contributed by atoms with E-state index in [9.17, 15) is 0 Å². The Morgan fingerprint density at radius 1 is 1.16 bits per heavy atom. The Balaban J connectivity index is 3.26. The molecule has 1 aliphatic rings. The van der Waals surface area contributed by atoms with Gasteiger partial charge in [0.2, 0.25) is 0 Å². The van der Waals surface area contributed by atoms with Crippen LogP contribution in [0.25, 0.3) is 0 Å². The van der Waals surface area contributed by atoms with Crippen molar-refractivity contribution in [1.29, 1.82) is 0 Å². The van der Waals surface area contributed by atoms with Gasteiger partial charge in [-0.25, -0.2) is 0 Å². The Bertz CT molecular complexity index is 401. The monoisotopic (exact) mass is 465 g/mol. The van der Waals surface area contributed by atoms with E-state index < -0.39 is 24.6 Å². The Hall–Kier alpha value is 0.305. The summed E-state index contributed by atoms with van der Waals surface area (Å²) in [7, 11) is 1.45. The molecule has 0 atom stereocenters. The molecule has 19 heavy (non-hydrogen) atoms. The zero-order valence-corrected chi connectivity index (χ0v) is 17.0. The van der Waals surface area contributed by atoms with Gasteiger partial charge in [0.1, 0.15) is 0 Å². The van der Waals surface area contributed by atoms with Gasteiger partial charge in [-0.3, -0.25) is 0 Å². The van der Waals surface area contributed by atoms with E-state index in [4.69, 9.17) is 8.85 Å². The molecule has 0 amide bonds. The van der Waals surface area contributed by atoms with Crippen LogP contribution in [0.4, 0.5) is 0 Å². The van der Waals surface area contributed by atoms with E-state index >= 15 is 0 Å². The molecule has 4 heteroatoms. The van der Waals surface area contributed by atoms with Crippen molar-refractivity contribution >= 4 is 8.56 Å². The van der Waals surface area contributed by atoms with Gasteiger partial charge in [0.05, 0.1) is 0 Å². The van der Waals surface area contributed by atoms with Crippen molar-refractivity contribution in [1.82, 2.24) is 0 Å². The Morgan fingerprint density at radius 3 is 2.05 bits per heavy atom. The maximum atomic E-state index is 5.81. The summed E-state index contributed by atoms with van der Waals surface area (Å²) in [6.45, 7) is 6.76. The van der Waals surface area contributed by atoms with Crippen LogP contribution in [-0.2, 0) is 24.9 Å². The fraction of sp³-hybridized carbons (Fsp3) is 0.733. The van der Waals surface area contributed by atoms with Gasteiger partial charge in [0.25, 0.3) is 0 Å². The summed E-state index contributed by atoms with van der Waals surface area (Å²) in [6, 6.07) is 0. The predicted molar refractivity (Wildman–Crippen MR) is 82.5 cm³/mol. The fourth-order valence-electron chi connectivity index (χ4n) is 2.64. The zero-order chi connectivity index (χ0) is 14.8. The van der Waals surface area contributed by atoms with Crippen LogP contribution in [0.2, 0.25) is 22.5 Å². The van der Waals surface area contributed by atoms with Crippen LogP contribution >= 0.6 is 0 Å². The number of hydrogen-bond donors (Lipinski definition) is 0. The van der Waals surface area contributed by atoms with Gasteiger partial charge in [-0.2, -0.15) is 0 Å². The standard InChI is InChI=1S/C12H21O2Si.3CH3.Pt/c1-6-7-11-10(2)8-9-12(11)15(5,13-3)14-4;;;;/h6-7,9H2,1-5H3;3*1H3;. The molecule has 1 rings (SSSR count). The molecule has 0 aromatic rings. The van der Waals surface area contributed by atoms with Gasteiger partial charge < -0.3 is 0 Å². The van der Waals surface area contributed by atoms with Gasteiger partial charge in [-0.1, -0.05) is 0 Å². The average Bonchev–Trinajstić information content (AvgIpc) is 2.67. The van der Waals surface area contributed by atoms with Gasteiger partial charge in [-0.15, -0.1) is 0 Å². The number of rotatable bonds is 6. The first-order valence-electron chi connectivity index (χ1n) is 6.60. The molecular weight excluding hydrogens is 435 g/mol. The van der Waals surface area contributed by atoms with Gasteiger partial charge in [0.15, 0.2) is 0 Å². The third-order valence-corrected chi connectivity index (χ3v) is 12.4. The van der Waals surface area contributed by atoms with Gasteiger partial charge in [0, 0.05) is 0 Å². The number of hydrogen-bond acceptors (Lipinski definition) is 2. The molecule has 0 bridgehead atoms. The minimum atomic E-state index is -2.16. The molecule has 2 nitrogen and oxygen atoms in total. The maximum absolute atomic E-state index is 5.81. The Labute approximate surface area is 123 Å². The number of allylic oxidation sites excluding steroid dienone is 4. The first-order valence-corrected chi connectivity index (χ1v) is 16.9. The minimum absolute atomic E-state index is 1.12. The van der Waals surface area contributed by atoms with Crippen molar-refractivity contribution < 1.29 is 24.9 Å². The van der Waals surface area contributed by atoms with Crippen molar-refractivity contribution in [3.05, 3.63) is 20.3 Å². The second-order valence-corrected chi connectivity index (χ2v) is 20.6. The zero-order valence-electron chi connectivity index (χ0n) is 13.8. The molecule has 0 saturated carbocycles. The molecule has 0 N–H and O–H groups in total. The van der Waals surface area contributed by atoms with Crippen molar-refractivity contribution in [3.8, 4) is 0 Å². The van der Waals surface area contributed by atoms with Crippen LogP contribution in [0, 0.1) is 0 Å². The van der Waals surface area contributed by atoms with Crippen LogP contribution in [0.15, 0.2) is 20.3 Å². The van der Waals surface area contributed by atoms with Crippen molar-refractivity contribution in [2.45, 2.75) is 55.6 Å². The van der Waals surface area contributed by atoms with Gasteiger partial charge >= 0.3 is 124 Å². The second-order valence-electron chi connectivity index (χ2n) is 5.65. The summed E-state index contributed by atoms with van der Waals surface area (Å²) < 4.78 is 13.4. The second kappa shape index (κ2) is 6.38. The van der Waals surface area contributed by atoms with Crippen molar-refractivity contribution in [2.75, 3.05) is 14.2 Å². The summed E-state index contributed by atoms with van der Waals surface area (Å²) in [5, 5.41) is 8.94. The van der Waals surface area contributed by atoms with Crippen LogP contribution in [0.5, 0.6) is 0 Å². The van der Waals surface area contributed by atoms with Crippen LogP contribution in [0.3, 0.4) is 0 Å². The molecule has 0 unspecified atom stereocenters. The summed E-state index contributed by atoms with van der Waals surface area (Å²) >= 11 is -1.70. The molecular formula is C15H30O2PtSi. The molecule has 0 saturated heterocycles. The molecule has 0 spiro atoms. The van der Waals surface area contributed by atoms with Crippen molar-refractivity contribution in [2.24, 2.45) is 0 Å². The normalized spacial score (nSPS) is 18.5. The quantitative estimate of drug-likeness (QED) is 0.516. The van der Waals surface area contributed by atoms with Crippen LogP contribution in [-0.4, -0.2) is 22.8 Å². The third-order valence-electron chi connectivity index (χ3n) is 3.92. The summed E-state index contributed by atoms with van der Waals surface area (Å²) in [5.74, 6) is 0. The van der Waals surface area contributed by atoms with E-state index in [1.807, 2.05) is 0 Å². The van der Waals surface area contributed by atoms with Crippen LogP contribution < -0.4 is 0 Å². The molecule has 116 valence electrons. The topological polar surface area (TPSA) is 18.5 Å². The van der Waals surface area contributed by atoms with E-state index in [1.165, 1.54) is 11.6 Å². The average molecular weight is 466 g/mol. The third kappa shape index (κ3) is 3.50. The summed E-state index contributed by atoms with van der Waals surface area (Å²) in [5.41, 5.74) is 3.11. The molecule has 0 radical (unpaired) electrons. The Kier molecular flexibility index (Phi) is 5.83. The molecule has 0 aromatic heterocycles. The van der Waals surface area contributed by atoms with E-state index in [0.29, 0.717) is 0 Å². The van der Waals surface area contributed by atoms with Crippen molar-refractivity contribution in [3.63, 3.8) is 0 Å². The first kappa shape index (κ1) is 17.4.